The first kappa shape index (κ1) is 12.3. The van der Waals surface area contributed by atoms with E-state index in [1.807, 2.05) is 19.1 Å². The van der Waals surface area contributed by atoms with Gasteiger partial charge in [-0.15, -0.1) is 0 Å². The average Bonchev–Trinajstić information content (AvgIpc) is 2.21. The minimum absolute atomic E-state index is 0.0286. The van der Waals surface area contributed by atoms with Gasteiger partial charge in [-0.1, -0.05) is 24.9 Å². The van der Waals surface area contributed by atoms with Crippen molar-refractivity contribution in [3.63, 3.8) is 0 Å². The molecular formula is C12H18ClNO. The van der Waals surface area contributed by atoms with Crippen LogP contribution >= 0.6 is 11.6 Å². The van der Waals surface area contributed by atoms with Crippen LogP contribution in [0.15, 0.2) is 12.1 Å². The number of methoxy groups -OCH3 is 1. The number of hydrogen-bond donors (Lipinski definition) is 1. The Balaban J connectivity index is 3.09. The van der Waals surface area contributed by atoms with Crippen LogP contribution in [-0.2, 0) is 0 Å². The second-order valence-electron chi connectivity index (χ2n) is 3.74. The summed E-state index contributed by atoms with van der Waals surface area (Å²) in [5, 5.41) is 0.722. The minimum Gasteiger partial charge on any atom is -0.496 e. The molecule has 1 aromatic carbocycles. The Morgan fingerprint density at radius 2 is 2.13 bits per heavy atom. The summed E-state index contributed by atoms with van der Waals surface area (Å²) >= 11 is 6.03. The summed E-state index contributed by atoms with van der Waals surface area (Å²) in [5.74, 6) is 0.784. The Kier molecular flexibility index (Phi) is 4.43. The number of benzene rings is 1. The Morgan fingerprint density at radius 1 is 1.47 bits per heavy atom. The SMILES string of the molecule is CCCC(N)c1cc(C)c(Cl)cc1OC. The maximum atomic E-state index is 6.08. The van der Waals surface area contributed by atoms with Crippen LogP contribution in [0.3, 0.4) is 0 Å². The van der Waals surface area contributed by atoms with Crippen molar-refractivity contribution in [2.75, 3.05) is 7.11 Å². The van der Waals surface area contributed by atoms with E-state index in [0.717, 1.165) is 34.7 Å². The van der Waals surface area contributed by atoms with Crippen LogP contribution in [0.2, 0.25) is 5.02 Å². The van der Waals surface area contributed by atoms with E-state index in [0.29, 0.717) is 0 Å². The van der Waals surface area contributed by atoms with Gasteiger partial charge in [0.25, 0.3) is 0 Å². The number of halogens is 1. The Labute approximate surface area is 96.4 Å². The highest BCUT2D eigenvalue weighted by molar-refractivity contribution is 6.31. The zero-order valence-corrected chi connectivity index (χ0v) is 10.3. The first-order valence-electron chi connectivity index (χ1n) is 5.19. The largest absolute Gasteiger partial charge is 0.496 e. The second kappa shape index (κ2) is 5.38. The fraction of sp³-hybridized carbons (Fsp3) is 0.500. The molecule has 1 atom stereocenters. The van der Waals surface area contributed by atoms with Gasteiger partial charge < -0.3 is 10.5 Å². The Morgan fingerprint density at radius 3 is 2.67 bits per heavy atom. The lowest BCUT2D eigenvalue weighted by molar-refractivity contribution is 0.404. The molecule has 0 aliphatic heterocycles. The third-order valence-electron chi connectivity index (χ3n) is 2.51. The lowest BCUT2D eigenvalue weighted by atomic mass is 10.0. The number of nitrogens with two attached hydrogens (primary N) is 1. The molecule has 0 radical (unpaired) electrons. The van der Waals surface area contributed by atoms with Crippen molar-refractivity contribution in [2.24, 2.45) is 5.73 Å². The summed E-state index contributed by atoms with van der Waals surface area (Å²) in [7, 11) is 1.64. The van der Waals surface area contributed by atoms with Gasteiger partial charge in [0.15, 0.2) is 0 Å². The summed E-state index contributed by atoms with van der Waals surface area (Å²) in [6.45, 7) is 4.10. The number of aryl methyl sites for hydroxylation is 1. The highest BCUT2D eigenvalue weighted by Crippen LogP contribution is 2.31. The summed E-state index contributed by atoms with van der Waals surface area (Å²) in [5.41, 5.74) is 8.16. The molecule has 1 unspecified atom stereocenters. The average molecular weight is 228 g/mol. The van der Waals surface area contributed by atoms with Crippen LogP contribution in [0, 0.1) is 6.92 Å². The van der Waals surface area contributed by atoms with Crippen LogP contribution in [-0.4, -0.2) is 7.11 Å². The molecule has 0 spiro atoms. The first-order chi connectivity index (χ1) is 7.10. The van der Waals surface area contributed by atoms with Crippen molar-refractivity contribution in [3.8, 4) is 5.75 Å². The Hall–Kier alpha value is -0.730. The molecule has 3 heteroatoms. The molecule has 0 bridgehead atoms. The summed E-state index contributed by atoms with van der Waals surface area (Å²) in [4.78, 5) is 0. The van der Waals surface area contributed by atoms with Gasteiger partial charge in [0.05, 0.1) is 7.11 Å². The van der Waals surface area contributed by atoms with Crippen LogP contribution in [0.25, 0.3) is 0 Å². The maximum absolute atomic E-state index is 6.08. The molecule has 0 aliphatic carbocycles. The summed E-state index contributed by atoms with van der Waals surface area (Å²) in [6, 6.07) is 3.88. The molecule has 0 heterocycles. The standard InChI is InChI=1S/C12H18ClNO/c1-4-5-11(14)9-6-8(2)10(13)7-12(9)15-3/h6-7,11H,4-5,14H2,1-3H3. The van der Waals surface area contributed by atoms with Crippen molar-refractivity contribution < 1.29 is 4.74 Å². The van der Waals surface area contributed by atoms with Crippen LogP contribution in [0.5, 0.6) is 5.75 Å². The number of rotatable bonds is 4. The van der Waals surface area contributed by atoms with Gasteiger partial charge in [-0.25, -0.2) is 0 Å². The molecule has 1 rings (SSSR count). The summed E-state index contributed by atoms with van der Waals surface area (Å²) in [6.07, 6.45) is 2.02. The maximum Gasteiger partial charge on any atom is 0.125 e. The van der Waals surface area contributed by atoms with Gasteiger partial charge in [-0.2, -0.15) is 0 Å². The molecule has 2 N–H and O–H groups in total. The first-order valence-corrected chi connectivity index (χ1v) is 5.57. The van der Waals surface area contributed by atoms with E-state index in [1.54, 1.807) is 7.11 Å². The van der Waals surface area contributed by atoms with Crippen molar-refractivity contribution >= 4 is 11.6 Å². The van der Waals surface area contributed by atoms with Gasteiger partial charge >= 0.3 is 0 Å². The third-order valence-corrected chi connectivity index (χ3v) is 2.92. The van der Waals surface area contributed by atoms with Gasteiger partial charge in [0.1, 0.15) is 5.75 Å². The van der Waals surface area contributed by atoms with Gasteiger partial charge in [0.2, 0.25) is 0 Å². The van der Waals surface area contributed by atoms with Crippen LogP contribution < -0.4 is 10.5 Å². The molecule has 0 aliphatic rings. The van der Waals surface area contributed by atoms with E-state index in [-0.39, 0.29) is 6.04 Å². The summed E-state index contributed by atoms with van der Waals surface area (Å²) < 4.78 is 5.28. The van der Waals surface area contributed by atoms with E-state index in [2.05, 4.69) is 6.92 Å². The predicted octanol–water partition coefficient (Wildman–Crippen LogP) is 3.46. The molecule has 84 valence electrons. The smallest absolute Gasteiger partial charge is 0.125 e. The quantitative estimate of drug-likeness (QED) is 0.855. The third kappa shape index (κ3) is 2.86. The van der Waals surface area contributed by atoms with Crippen molar-refractivity contribution in [1.82, 2.24) is 0 Å². The Bertz CT molecular complexity index is 339. The second-order valence-corrected chi connectivity index (χ2v) is 4.15. The van der Waals surface area contributed by atoms with E-state index >= 15 is 0 Å². The van der Waals surface area contributed by atoms with Crippen LogP contribution in [0.1, 0.15) is 36.9 Å². The number of ether oxygens (including phenoxy) is 1. The topological polar surface area (TPSA) is 35.2 Å². The highest BCUT2D eigenvalue weighted by atomic mass is 35.5. The molecule has 0 saturated carbocycles. The molecule has 0 saturated heterocycles. The van der Waals surface area contributed by atoms with Crippen molar-refractivity contribution in [2.45, 2.75) is 32.7 Å². The molecule has 0 fully saturated rings. The fourth-order valence-electron chi connectivity index (χ4n) is 1.62. The van der Waals surface area contributed by atoms with E-state index in [4.69, 9.17) is 22.1 Å². The zero-order valence-electron chi connectivity index (χ0n) is 9.51. The minimum atomic E-state index is 0.0286. The van der Waals surface area contributed by atoms with E-state index < -0.39 is 0 Å². The molecule has 0 aromatic heterocycles. The van der Waals surface area contributed by atoms with Crippen LogP contribution in [0.4, 0.5) is 0 Å². The number of hydrogen-bond acceptors (Lipinski definition) is 2. The van der Waals surface area contributed by atoms with Gasteiger partial charge in [-0.3, -0.25) is 0 Å². The van der Waals surface area contributed by atoms with Crippen molar-refractivity contribution in [3.05, 3.63) is 28.3 Å². The highest BCUT2D eigenvalue weighted by Gasteiger charge is 2.13. The zero-order chi connectivity index (χ0) is 11.4. The molecule has 15 heavy (non-hydrogen) atoms. The molecular weight excluding hydrogens is 210 g/mol. The lowest BCUT2D eigenvalue weighted by Gasteiger charge is -2.16. The molecule has 2 nitrogen and oxygen atoms in total. The fourth-order valence-corrected chi connectivity index (χ4v) is 1.77. The predicted molar refractivity (Wildman–Crippen MR) is 64.6 cm³/mol. The molecule has 1 aromatic rings. The lowest BCUT2D eigenvalue weighted by Crippen LogP contribution is -2.11. The van der Waals surface area contributed by atoms with E-state index in [1.165, 1.54) is 0 Å². The normalized spacial score (nSPS) is 12.6. The van der Waals surface area contributed by atoms with Gasteiger partial charge in [-0.05, 0) is 31.0 Å². The van der Waals surface area contributed by atoms with Crippen molar-refractivity contribution in [1.29, 1.82) is 0 Å². The molecule has 0 amide bonds. The van der Waals surface area contributed by atoms with E-state index in [9.17, 15) is 0 Å². The monoisotopic (exact) mass is 227 g/mol. The van der Waals surface area contributed by atoms with Gasteiger partial charge in [0, 0.05) is 16.6 Å².